The fourth-order valence-electron chi connectivity index (χ4n) is 3.59. The summed E-state index contributed by atoms with van der Waals surface area (Å²) in [5.74, 6) is -0.337. The molecule has 138 valence electrons. The number of hydrogen-bond acceptors (Lipinski definition) is 4. The van der Waals surface area contributed by atoms with Crippen LogP contribution in [0.5, 0.6) is 5.75 Å². The molecular formula is C19H27NO5. The first-order chi connectivity index (χ1) is 11.8. The molecule has 1 aromatic carbocycles. The summed E-state index contributed by atoms with van der Waals surface area (Å²) in [5.41, 5.74) is 4.55. The van der Waals surface area contributed by atoms with Crippen molar-refractivity contribution in [3.63, 3.8) is 0 Å². The molecule has 0 heterocycles. The Bertz CT molecular complexity index is 656. The first-order valence-corrected chi connectivity index (χ1v) is 8.70. The van der Waals surface area contributed by atoms with Crippen LogP contribution < -0.4 is 10.1 Å². The Balaban J connectivity index is 2.20. The Kier molecular flexibility index (Phi) is 6.42. The molecule has 1 aliphatic rings. The van der Waals surface area contributed by atoms with Crippen LogP contribution in [0.25, 0.3) is 0 Å². The van der Waals surface area contributed by atoms with Crippen LogP contribution in [0.3, 0.4) is 0 Å². The summed E-state index contributed by atoms with van der Waals surface area (Å²) in [6, 6.07) is 1.91. The van der Waals surface area contributed by atoms with Crippen molar-refractivity contribution in [2.24, 2.45) is 11.8 Å². The molecule has 0 saturated heterocycles. The number of rotatable bonds is 7. The average Bonchev–Trinajstić information content (AvgIpc) is 2.60. The lowest BCUT2D eigenvalue weighted by atomic mass is 9.74. The molecule has 0 saturated carbocycles. The van der Waals surface area contributed by atoms with Crippen molar-refractivity contribution in [2.45, 2.75) is 40.0 Å². The lowest BCUT2D eigenvalue weighted by Gasteiger charge is -2.31. The Hall–Kier alpha value is -2.08. The van der Waals surface area contributed by atoms with Crippen molar-refractivity contribution in [1.29, 1.82) is 0 Å². The third-order valence-electron chi connectivity index (χ3n) is 5.12. The van der Waals surface area contributed by atoms with E-state index < -0.39 is 5.97 Å². The lowest BCUT2D eigenvalue weighted by molar-refractivity contribution is -0.139. The normalized spacial score (nSPS) is 17.5. The summed E-state index contributed by atoms with van der Waals surface area (Å²) < 4.78 is 5.43. The van der Waals surface area contributed by atoms with Crippen molar-refractivity contribution in [3.05, 3.63) is 28.3 Å². The van der Waals surface area contributed by atoms with E-state index in [0.717, 1.165) is 30.4 Å². The molecule has 25 heavy (non-hydrogen) atoms. The van der Waals surface area contributed by atoms with Gasteiger partial charge in [0.25, 0.3) is 0 Å². The van der Waals surface area contributed by atoms with Gasteiger partial charge in [-0.25, -0.2) is 4.79 Å². The molecule has 0 aromatic heterocycles. The number of fused-ring (bicyclic) bond motifs is 1. The number of carboxylic acids is 1. The van der Waals surface area contributed by atoms with Crippen molar-refractivity contribution < 1.29 is 24.5 Å². The molecule has 1 amide bonds. The van der Waals surface area contributed by atoms with Crippen LogP contribution in [0.1, 0.15) is 35.6 Å². The Labute approximate surface area is 148 Å². The summed E-state index contributed by atoms with van der Waals surface area (Å²) >= 11 is 0. The molecule has 0 fully saturated rings. The van der Waals surface area contributed by atoms with E-state index in [4.69, 9.17) is 14.9 Å². The van der Waals surface area contributed by atoms with E-state index in [0.29, 0.717) is 5.75 Å². The summed E-state index contributed by atoms with van der Waals surface area (Å²) in [7, 11) is 0. The zero-order valence-corrected chi connectivity index (χ0v) is 15.1. The highest BCUT2D eigenvalue weighted by Crippen LogP contribution is 2.37. The Morgan fingerprint density at radius 1 is 1.36 bits per heavy atom. The third kappa shape index (κ3) is 4.51. The number of carboxylic acid groups (broad SMARTS) is 1. The molecule has 6 nitrogen and oxygen atoms in total. The van der Waals surface area contributed by atoms with E-state index in [-0.39, 0.29) is 37.5 Å². The van der Waals surface area contributed by atoms with Crippen molar-refractivity contribution in [3.8, 4) is 5.75 Å². The molecule has 1 aromatic rings. The van der Waals surface area contributed by atoms with Gasteiger partial charge in [0.05, 0.1) is 6.61 Å². The minimum atomic E-state index is -0.998. The van der Waals surface area contributed by atoms with Gasteiger partial charge >= 0.3 is 5.97 Å². The Morgan fingerprint density at radius 2 is 2.08 bits per heavy atom. The fraction of sp³-hybridized carbons (Fsp3) is 0.579. The molecule has 0 bridgehead atoms. The number of benzene rings is 1. The van der Waals surface area contributed by atoms with Crippen LogP contribution in [0.4, 0.5) is 0 Å². The van der Waals surface area contributed by atoms with Gasteiger partial charge in [0, 0.05) is 12.5 Å². The van der Waals surface area contributed by atoms with Gasteiger partial charge in [-0.3, -0.25) is 4.79 Å². The molecule has 0 radical (unpaired) electrons. The largest absolute Gasteiger partial charge is 0.482 e. The molecule has 1 aliphatic carbocycles. The molecule has 6 heteroatoms. The van der Waals surface area contributed by atoms with Gasteiger partial charge in [-0.2, -0.15) is 0 Å². The molecule has 0 spiro atoms. The quantitative estimate of drug-likeness (QED) is 0.695. The van der Waals surface area contributed by atoms with Crippen LogP contribution in [-0.2, 0) is 22.4 Å². The Morgan fingerprint density at radius 3 is 2.72 bits per heavy atom. The number of carbonyl (C=O) groups is 2. The second-order valence-corrected chi connectivity index (χ2v) is 6.76. The maximum absolute atomic E-state index is 12.2. The van der Waals surface area contributed by atoms with Crippen molar-refractivity contribution >= 4 is 11.9 Å². The molecule has 0 aliphatic heterocycles. The topological polar surface area (TPSA) is 95.9 Å². The first-order valence-electron chi connectivity index (χ1n) is 8.70. The average molecular weight is 349 g/mol. The SMILES string of the molecule is Cc1cc(OCC(=O)O)c(C)c2c1CC[C@@H]([C@H](C)C(=O)NCCO)C2. The lowest BCUT2D eigenvalue weighted by Crippen LogP contribution is -2.37. The van der Waals surface area contributed by atoms with E-state index >= 15 is 0 Å². The smallest absolute Gasteiger partial charge is 0.341 e. The highest BCUT2D eigenvalue weighted by molar-refractivity contribution is 5.78. The highest BCUT2D eigenvalue weighted by atomic mass is 16.5. The summed E-state index contributed by atoms with van der Waals surface area (Å²) in [6.45, 7) is 5.75. The number of aryl methyl sites for hydroxylation is 1. The number of aliphatic hydroxyl groups is 1. The van der Waals surface area contributed by atoms with Gasteiger partial charge in [-0.05, 0) is 67.3 Å². The van der Waals surface area contributed by atoms with E-state index in [1.807, 2.05) is 26.8 Å². The van der Waals surface area contributed by atoms with Gasteiger partial charge in [-0.1, -0.05) is 6.92 Å². The molecular weight excluding hydrogens is 322 g/mol. The number of aliphatic hydroxyl groups excluding tert-OH is 1. The van der Waals surface area contributed by atoms with E-state index in [1.165, 1.54) is 11.1 Å². The van der Waals surface area contributed by atoms with Crippen molar-refractivity contribution in [2.75, 3.05) is 19.8 Å². The second kappa shape index (κ2) is 8.34. The van der Waals surface area contributed by atoms with E-state index in [2.05, 4.69) is 5.32 Å². The predicted octanol–water partition coefficient (Wildman–Crippen LogP) is 1.62. The highest BCUT2D eigenvalue weighted by Gasteiger charge is 2.30. The van der Waals surface area contributed by atoms with Crippen LogP contribution in [0.15, 0.2) is 6.07 Å². The number of carbonyl (C=O) groups excluding carboxylic acids is 1. The fourth-order valence-corrected chi connectivity index (χ4v) is 3.59. The minimum Gasteiger partial charge on any atom is -0.482 e. The molecule has 3 N–H and O–H groups in total. The standard InChI is InChI=1S/C19H27NO5/c1-11-8-17(25-10-18(22)23)13(3)16-9-14(4-5-15(11)16)12(2)19(24)20-6-7-21/h8,12,14,21H,4-7,9-10H2,1-3H3,(H,20,24)(H,22,23)/t12-,14+/m0/s1. The van der Waals surface area contributed by atoms with Crippen LogP contribution >= 0.6 is 0 Å². The zero-order chi connectivity index (χ0) is 18.6. The van der Waals surface area contributed by atoms with Gasteiger partial charge in [0.2, 0.25) is 5.91 Å². The maximum Gasteiger partial charge on any atom is 0.341 e. The van der Waals surface area contributed by atoms with Crippen LogP contribution in [0.2, 0.25) is 0 Å². The van der Waals surface area contributed by atoms with Gasteiger partial charge < -0.3 is 20.3 Å². The van der Waals surface area contributed by atoms with Crippen LogP contribution in [-0.4, -0.2) is 41.8 Å². The van der Waals surface area contributed by atoms with Crippen LogP contribution in [0, 0.1) is 25.7 Å². The zero-order valence-electron chi connectivity index (χ0n) is 15.1. The van der Waals surface area contributed by atoms with Gasteiger partial charge in [-0.15, -0.1) is 0 Å². The molecule has 0 unspecified atom stereocenters. The maximum atomic E-state index is 12.2. The first kappa shape index (κ1) is 19.2. The third-order valence-corrected chi connectivity index (χ3v) is 5.12. The van der Waals surface area contributed by atoms with Crippen molar-refractivity contribution in [1.82, 2.24) is 5.32 Å². The minimum absolute atomic E-state index is 0.0323. The van der Waals surface area contributed by atoms with E-state index in [9.17, 15) is 9.59 Å². The van der Waals surface area contributed by atoms with E-state index in [1.54, 1.807) is 0 Å². The number of ether oxygens (including phenoxy) is 1. The van der Waals surface area contributed by atoms with Gasteiger partial charge in [0.15, 0.2) is 6.61 Å². The summed E-state index contributed by atoms with van der Waals surface area (Å²) in [4.78, 5) is 23.0. The summed E-state index contributed by atoms with van der Waals surface area (Å²) in [5, 5.41) is 20.4. The molecule has 2 rings (SSSR count). The number of amides is 1. The summed E-state index contributed by atoms with van der Waals surface area (Å²) in [6.07, 6.45) is 2.62. The number of aliphatic carboxylic acids is 1. The molecule has 2 atom stereocenters. The number of hydrogen-bond donors (Lipinski definition) is 3. The monoisotopic (exact) mass is 349 g/mol. The van der Waals surface area contributed by atoms with Gasteiger partial charge in [0.1, 0.15) is 5.75 Å². The second-order valence-electron chi connectivity index (χ2n) is 6.76. The number of nitrogens with one attached hydrogen (secondary N) is 1. The predicted molar refractivity (Wildman–Crippen MR) is 93.8 cm³/mol.